The Hall–Kier alpha value is -1.36. The van der Waals surface area contributed by atoms with E-state index in [0.29, 0.717) is 5.11 Å². The third-order valence-electron chi connectivity index (χ3n) is 2.60. The second-order valence-electron chi connectivity index (χ2n) is 3.84. The first-order valence-electron chi connectivity index (χ1n) is 5.34. The van der Waals surface area contributed by atoms with Crippen LogP contribution in [0.3, 0.4) is 0 Å². The molecule has 16 heavy (non-hydrogen) atoms. The zero-order valence-corrected chi connectivity index (χ0v) is 10.3. The molecule has 1 aromatic carbocycles. The minimum absolute atomic E-state index is 0.683. The van der Waals surface area contributed by atoms with Crippen molar-refractivity contribution in [3.63, 3.8) is 0 Å². The molecule has 0 amide bonds. The van der Waals surface area contributed by atoms with Gasteiger partial charge in [0.15, 0.2) is 5.11 Å². The predicted octanol–water partition coefficient (Wildman–Crippen LogP) is -0.141. The molecule has 3 nitrogen and oxygen atoms in total. The first-order chi connectivity index (χ1) is 7.70. The van der Waals surface area contributed by atoms with Gasteiger partial charge < -0.3 is 5.32 Å². The van der Waals surface area contributed by atoms with Crippen LogP contribution >= 0.6 is 12.2 Å². The zero-order valence-electron chi connectivity index (χ0n) is 9.53. The maximum atomic E-state index is 5.15. The largest absolute Gasteiger partial charge is 0.364 e. The van der Waals surface area contributed by atoms with Gasteiger partial charge in [0.25, 0.3) is 0 Å². The molecule has 0 atom stereocenters. The van der Waals surface area contributed by atoms with Crippen molar-refractivity contribution in [3.8, 4) is 0 Å². The van der Waals surface area contributed by atoms with Crippen LogP contribution < -0.4 is 10.8 Å². The van der Waals surface area contributed by atoms with Crippen LogP contribution in [0, 0.1) is 0 Å². The molecule has 1 aliphatic heterocycles. The SMILES string of the molecule is Bc1cccc(C2=NN(C(=S)NC)CC2)c1. The Kier molecular flexibility index (Phi) is 3.24. The molecule has 0 aromatic heterocycles. The highest BCUT2D eigenvalue weighted by molar-refractivity contribution is 7.80. The molecule has 2 rings (SSSR count). The average Bonchev–Trinajstić information content (AvgIpc) is 2.77. The van der Waals surface area contributed by atoms with Crippen LogP contribution in [0.25, 0.3) is 0 Å². The van der Waals surface area contributed by atoms with Gasteiger partial charge >= 0.3 is 0 Å². The number of thiocarbonyl (C=S) groups is 1. The second kappa shape index (κ2) is 4.66. The predicted molar refractivity (Wildman–Crippen MR) is 74.1 cm³/mol. The minimum atomic E-state index is 0.683. The van der Waals surface area contributed by atoms with Crippen LogP contribution in [0.1, 0.15) is 12.0 Å². The van der Waals surface area contributed by atoms with Crippen LogP contribution in [0.2, 0.25) is 0 Å². The molecule has 0 bridgehead atoms. The Balaban J connectivity index is 2.21. The van der Waals surface area contributed by atoms with Gasteiger partial charge in [-0.25, -0.2) is 5.01 Å². The topological polar surface area (TPSA) is 27.6 Å². The van der Waals surface area contributed by atoms with E-state index < -0.39 is 0 Å². The van der Waals surface area contributed by atoms with Crippen molar-refractivity contribution in [1.82, 2.24) is 10.3 Å². The molecule has 0 unspecified atom stereocenters. The molecule has 0 radical (unpaired) electrons. The summed E-state index contributed by atoms with van der Waals surface area (Å²) in [5.41, 5.74) is 3.57. The number of nitrogens with zero attached hydrogens (tertiary/aromatic N) is 2. The highest BCUT2D eigenvalue weighted by Gasteiger charge is 2.18. The Labute approximate surface area is 102 Å². The van der Waals surface area contributed by atoms with E-state index >= 15 is 0 Å². The van der Waals surface area contributed by atoms with Crippen molar-refractivity contribution in [2.24, 2.45) is 5.10 Å². The number of rotatable bonds is 1. The number of hydrogen-bond acceptors (Lipinski definition) is 2. The quantitative estimate of drug-likeness (QED) is 0.538. The molecular weight excluding hydrogens is 217 g/mol. The lowest BCUT2D eigenvalue weighted by molar-refractivity contribution is 0.485. The van der Waals surface area contributed by atoms with E-state index in [1.807, 2.05) is 12.1 Å². The molecule has 0 spiro atoms. The highest BCUT2D eigenvalue weighted by Crippen LogP contribution is 2.12. The molecule has 1 heterocycles. The molecule has 1 N–H and O–H groups in total. The monoisotopic (exact) mass is 231 g/mol. The fraction of sp³-hybridized carbons (Fsp3) is 0.273. The Morgan fingerprint density at radius 1 is 1.56 bits per heavy atom. The summed E-state index contributed by atoms with van der Waals surface area (Å²) in [6.45, 7) is 0.864. The average molecular weight is 231 g/mol. The van der Waals surface area contributed by atoms with E-state index in [-0.39, 0.29) is 0 Å². The molecule has 0 saturated carbocycles. The van der Waals surface area contributed by atoms with Gasteiger partial charge in [0.2, 0.25) is 0 Å². The van der Waals surface area contributed by atoms with Gasteiger partial charge in [-0.1, -0.05) is 29.7 Å². The van der Waals surface area contributed by atoms with E-state index in [1.165, 1.54) is 11.0 Å². The van der Waals surface area contributed by atoms with Crippen molar-refractivity contribution in [1.29, 1.82) is 0 Å². The van der Waals surface area contributed by atoms with E-state index in [1.54, 1.807) is 0 Å². The lowest BCUT2D eigenvalue weighted by atomic mass is 9.93. The molecule has 82 valence electrons. The first kappa shape index (κ1) is 11.1. The maximum Gasteiger partial charge on any atom is 0.189 e. The minimum Gasteiger partial charge on any atom is -0.364 e. The van der Waals surface area contributed by atoms with Gasteiger partial charge in [-0.2, -0.15) is 5.10 Å². The summed E-state index contributed by atoms with van der Waals surface area (Å²) in [5, 5.41) is 9.98. The number of hydrogen-bond donors (Lipinski definition) is 1. The summed E-state index contributed by atoms with van der Waals surface area (Å²) in [7, 11) is 3.91. The van der Waals surface area contributed by atoms with Crippen LogP contribution in [-0.4, -0.2) is 37.3 Å². The number of benzene rings is 1. The third-order valence-corrected chi connectivity index (χ3v) is 3.02. The normalized spacial score (nSPS) is 14.8. The lowest BCUT2D eigenvalue weighted by Crippen LogP contribution is -2.32. The van der Waals surface area contributed by atoms with Crippen molar-refractivity contribution in [2.45, 2.75) is 6.42 Å². The van der Waals surface area contributed by atoms with Gasteiger partial charge in [-0.15, -0.1) is 0 Å². The van der Waals surface area contributed by atoms with Gasteiger partial charge in [0.1, 0.15) is 7.85 Å². The number of nitrogens with one attached hydrogen (secondary N) is 1. The third kappa shape index (κ3) is 2.24. The standard InChI is InChI=1S/C11H14BN3S/c1-13-11(16)15-6-5-10(14-15)8-3-2-4-9(12)7-8/h2-4,7H,5-6,12H2,1H3,(H,13,16). The maximum absolute atomic E-state index is 5.15. The van der Waals surface area contributed by atoms with Gasteiger partial charge in [0.05, 0.1) is 5.71 Å². The van der Waals surface area contributed by atoms with E-state index in [4.69, 9.17) is 12.2 Å². The summed E-state index contributed by atoms with van der Waals surface area (Å²) in [5.74, 6) is 0. The highest BCUT2D eigenvalue weighted by atomic mass is 32.1. The summed E-state index contributed by atoms with van der Waals surface area (Å²) < 4.78 is 0. The Morgan fingerprint density at radius 3 is 3.06 bits per heavy atom. The molecule has 0 fully saturated rings. The van der Waals surface area contributed by atoms with Crippen LogP contribution in [-0.2, 0) is 0 Å². The van der Waals surface area contributed by atoms with E-state index in [0.717, 1.165) is 18.7 Å². The fourth-order valence-electron chi connectivity index (χ4n) is 1.76. The lowest BCUT2D eigenvalue weighted by Gasteiger charge is -2.12. The fourth-order valence-corrected chi connectivity index (χ4v) is 1.89. The first-order valence-corrected chi connectivity index (χ1v) is 5.75. The van der Waals surface area contributed by atoms with Crippen molar-refractivity contribution >= 4 is 36.4 Å². The molecule has 1 aliphatic rings. The van der Waals surface area contributed by atoms with Gasteiger partial charge in [0, 0.05) is 20.0 Å². The molecular formula is C11H14BN3S. The summed E-state index contributed by atoms with van der Waals surface area (Å²) >= 11 is 5.15. The second-order valence-corrected chi connectivity index (χ2v) is 4.23. The Bertz CT molecular complexity index is 445. The summed E-state index contributed by atoms with van der Waals surface area (Å²) in [4.78, 5) is 0. The van der Waals surface area contributed by atoms with E-state index in [9.17, 15) is 0 Å². The van der Waals surface area contributed by atoms with Gasteiger partial charge in [-0.05, 0) is 17.8 Å². The molecule has 5 heteroatoms. The smallest absolute Gasteiger partial charge is 0.189 e. The van der Waals surface area contributed by atoms with Crippen LogP contribution in [0.15, 0.2) is 29.4 Å². The van der Waals surface area contributed by atoms with E-state index in [2.05, 4.69) is 42.5 Å². The van der Waals surface area contributed by atoms with Crippen LogP contribution in [0.5, 0.6) is 0 Å². The number of hydrazone groups is 1. The van der Waals surface area contributed by atoms with Crippen molar-refractivity contribution in [2.75, 3.05) is 13.6 Å². The summed E-state index contributed by atoms with van der Waals surface area (Å²) in [6, 6.07) is 8.41. The zero-order chi connectivity index (χ0) is 11.5. The van der Waals surface area contributed by atoms with Crippen molar-refractivity contribution < 1.29 is 0 Å². The van der Waals surface area contributed by atoms with Crippen molar-refractivity contribution in [3.05, 3.63) is 29.8 Å². The molecule has 0 aliphatic carbocycles. The van der Waals surface area contributed by atoms with Crippen LogP contribution in [0.4, 0.5) is 0 Å². The molecule has 1 aromatic rings. The Morgan fingerprint density at radius 2 is 2.38 bits per heavy atom. The van der Waals surface area contributed by atoms with Gasteiger partial charge in [-0.3, -0.25) is 0 Å². The molecule has 0 saturated heterocycles. The summed E-state index contributed by atoms with van der Waals surface area (Å²) in [6.07, 6.45) is 0.950.